The van der Waals surface area contributed by atoms with Gasteiger partial charge in [-0.05, 0) is 50.7 Å². The second kappa shape index (κ2) is 12.7. The summed E-state index contributed by atoms with van der Waals surface area (Å²) in [7, 11) is 0. The predicted octanol–water partition coefficient (Wildman–Crippen LogP) is 0.0965. The Morgan fingerprint density at radius 2 is 1.83 bits per heavy atom. The highest BCUT2D eigenvalue weighted by atomic mass is 32.2. The first kappa shape index (κ1) is 25.2. The maximum Gasteiger partial charge on any atom is 0.326 e. The molecule has 1 saturated heterocycles. The molecule has 0 spiro atoms. The lowest BCUT2D eigenvalue weighted by atomic mass is 9.97. The standard InChI is InChI=1S/C19H34N4O5S/c1-5-11(2)15(23-17(25)13-7-6-9-20-13)18(26)21-12(3)16(24)22-14(19(27)28)8-10-29-4/h11-15,20H,5-10H2,1-4H3,(H,21,26)(H,22,24)(H,23,25)(H,27,28). The van der Waals surface area contributed by atoms with E-state index in [-0.39, 0.29) is 17.9 Å². The Morgan fingerprint density at radius 3 is 2.34 bits per heavy atom. The van der Waals surface area contributed by atoms with Crippen LogP contribution in [0.4, 0.5) is 0 Å². The monoisotopic (exact) mass is 430 g/mol. The zero-order chi connectivity index (χ0) is 22.0. The molecule has 1 aliphatic rings. The summed E-state index contributed by atoms with van der Waals surface area (Å²) in [6, 6.07) is -3.00. The molecule has 5 unspecified atom stereocenters. The summed E-state index contributed by atoms with van der Waals surface area (Å²) < 4.78 is 0. The van der Waals surface area contributed by atoms with Crippen molar-refractivity contribution in [1.29, 1.82) is 0 Å². The normalized spacial score (nSPS) is 20.2. The molecule has 166 valence electrons. The van der Waals surface area contributed by atoms with E-state index in [1.807, 2.05) is 20.1 Å². The number of thioether (sulfide) groups is 1. The summed E-state index contributed by atoms with van der Waals surface area (Å²) in [6.07, 6.45) is 4.46. The zero-order valence-electron chi connectivity index (χ0n) is 17.6. The van der Waals surface area contributed by atoms with E-state index in [0.29, 0.717) is 18.6 Å². The van der Waals surface area contributed by atoms with Gasteiger partial charge in [-0.3, -0.25) is 14.4 Å². The Morgan fingerprint density at radius 1 is 1.14 bits per heavy atom. The molecular formula is C19H34N4O5S. The second-order valence-corrected chi connectivity index (χ2v) is 8.42. The van der Waals surface area contributed by atoms with Crippen molar-refractivity contribution in [2.24, 2.45) is 5.92 Å². The smallest absolute Gasteiger partial charge is 0.326 e. The molecule has 5 atom stereocenters. The fourth-order valence-corrected chi connectivity index (χ4v) is 3.49. The van der Waals surface area contributed by atoms with Crippen LogP contribution in [0, 0.1) is 5.92 Å². The quantitative estimate of drug-likeness (QED) is 0.296. The molecule has 0 radical (unpaired) electrons. The number of nitrogens with one attached hydrogen (secondary N) is 4. The molecule has 0 aromatic heterocycles. The van der Waals surface area contributed by atoms with Crippen LogP contribution in [-0.4, -0.2) is 71.5 Å². The number of carboxylic acids is 1. The fourth-order valence-electron chi connectivity index (χ4n) is 3.02. The third-order valence-corrected chi connectivity index (χ3v) is 5.79. The maximum absolute atomic E-state index is 12.8. The van der Waals surface area contributed by atoms with Gasteiger partial charge in [0.1, 0.15) is 18.1 Å². The number of amides is 3. The summed E-state index contributed by atoms with van der Waals surface area (Å²) >= 11 is 1.49. The summed E-state index contributed by atoms with van der Waals surface area (Å²) in [4.78, 5) is 48.8. The molecule has 1 fully saturated rings. The second-order valence-electron chi connectivity index (χ2n) is 7.43. The van der Waals surface area contributed by atoms with Crippen molar-refractivity contribution in [1.82, 2.24) is 21.3 Å². The van der Waals surface area contributed by atoms with Gasteiger partial charge < -0.3 is 26.4 Å². The van der Waals surface area contributed by atoms with E-state index in [1.165, 1.54) is 18.7 Å². The molecule has 9 nitrogen and oxygen atoms in total. The van der Waals surface area contributed by atoms with Crippen LogP contribution < -0.4 is 21.3 Å². The molecule has 3 amide bonds. The topological polar surface area (TPSA) is 137 Å². The summed E-state index contributed by atoms with van der Waals surface area (Å²) in [5, 5.41) is 20.2. The first-order chi connectivity index (χ1) is 13.7. The molecule has 1 heterocycles. The first-order valence-electron chi connectivity index (χ1n) is 10.1. The molecule has 0 aliphatic carbocycles. The lowest BCUT2D eigenvalue weighted by Gasteiger charge is -2.27. The summed E-state index contributed by atoms with van der Waals surface area (Å²) in [5.41, 5.74) is 0. The molecule has 5 N–H and O–H groups in total. The molecular weight excluding hydrogens is 396 g/mol. The Hall–Kier alpha value is -1.81. The van der Waals surface area contributed by atoms with Crippen molar-refractivity contribution in [2.45, 2.75) is 70.6 Å². The van der Waals surface area contributed by atoms with Crippen LogP contribution in [0.2, 0.25) is 0 Å². The Kier molecular flexibility index (Phi) is 11.0. The number of carboxylic acid groups (broad SMARTS) is 1. The SMILES string of the molecule is CCC(C)C(NC(=O)C1CCCN1)C(=O)NC(C)C(=O)NC(CCSC)C(=O)O. The summed E-state index contributed by atoms with van der Waals surface area (Å²) in [6.45, 7) is 6.05. The van der Waals surface area contributed by atoms with Crippen LogP contribution in [-0.2, 0) is 19.2 Å². The van der Waals surface area contributed by atoms with Crippen LogP contribution in [0.3, 0.4) is 0 Å². The molecule has 0 saturated carbocycles. The Balaban J connectivity index is 2.69. The minimum absolute atomic E-state index is 0.121. The fraction of sp³-hybridized carbons (Fsp3) is 0.789. The van der Waals surface area contributed by atoms with E-state index in [0.717, 1.165) is 19.4 Å². The van der Waals surface area contributed by atoms with E-state index in [1.54, 1.807) is 0 Å². The Labute approximate surface area is 176 Å². The molecule has 0 aromatic carbocycles. The van der Waals surface area contributed by atoms with Crippen molar-refractivity contribution < 1.29 is 24.3 Å². The minimum Gasteiger partial charge on any atom is -0.480 e. The highest BCUT2D eigenvalue weighted by Gasteiger charge is 2.32. The first-order valence-corrected chi connectivity index (χ1v) is 11.5. The van der Waals surface area contributed by atoms with E-state index in [4.69, 9.17) is 0 Å². The van der Waals surface area contributed by atoms with Gasteiger partial charge in [-0.25, -0.2) is 4.79 Å². The number of carbonyl (C=O) groups is 4. The van der Waals surface area contributed by atoms with Crippen LogP contribution in [0.5, 0.6) is 0 Å². The van der Waals surface area contributed by atoms with Crippen LogP contribution in [0.15, 0.2) is 0 Å². The molecule has 29 heavy (non-hydrogen) atoms. The number of carbonyl (C=O) groups excluding carboxylic acids is 3. The number of rotatable bonds is 12. The highest BCUT2D eigenvalue weighted by molar-refractivity contribution is 7.98. The van der Waals surface area contributed by atoms with Gasteiger partial charge in [0, 0.05) is 0 Å². The van der Waals surface area contributed by atoms with Crippen molar-refractivity contribution in [3.8, 4) is 0 Å². The minimum atomic E-state index is -1.11. The van der Waals surface area contributed by atoms with Crippen LogP contribution in [0.1, 0.15) is 46.5 Å². The number of hydrogen-bond donors (Lipinski definition) is 5. The highest BCUT2D eigenvalue weighted by Crippen LogP contribution is 2.11. The van der Waals surface area contributed by atoms with Gasteiger partial charge in [-0.2, -0.15) is 11.8 Å². The van der Waals surface area contributed by atoms with Crippen LogP contribution in [0.25, 0.3) is 0 Å². The molecule has 1 rings (SSSR count). The molecule has 1 aliphatic heterocycles. The van der Waals surface area contributed by atoms with Gasteiger partial charge in [0.05, 0.1) is 6.04 Å². The average Bonchev–Trinajstić information content (AvgIpc) is 3.22. The van der Waals surface area contributed by atoms with E-state index in [2.05, 4.69) is 21.3 Å². The lowest BCUT2D eigenvalue weighted by Crippen LogP contribution is -2.57. The van der Waals surface area contributed by atoms with Gasteiger partial charge in [0.25, 0.3) is 0 Å². The third-order valence-electron chi connectivity index (χ3n) is 5.15. The van der Waals surface area contributed by atoms with E-state index in [9.17, 15) is 24.3 Å². The average molecular weight is 431 g/mol. The van der Waals surface area contributed by atoms with E-state index >= 15 is 0 Å². The molecule has 10 heteroatoms. The third kappa shape index (κ3) is 8.22. The van der Waals surface area contributed by atoms with Crippen molar-refractivity contribution >= 4 is 35.5 Å². The van der Waals surface area contributed by atoms with Gasteiger partial charge >= 0.3 is 5.97 Å². The predicted molar refractivity (Wildman–Crippen MR) is 113 cm³/mol. The van der Waals surface area contributed by atoms with Gasteiger partial charge in [0.15, 0.2) is 0 Å². The van der Waals surface area contributed by atoms with Crippen molar-refractivity contribution in [2.75, 3.05) is 18.6 Å². The number of hydrogen-bond acceptors (Lipinski definition) is 6. The Bertz CT molecular complexity index is 583. The molecule has 0 aromatic rings. The summed E-state index contributed by atoms with van der Waals surface area (Å²) in [5.74, 6) is -1.88. The van der Waals surface area contributed by atoms with Gasteiger partial charge in [-0.15, -0.1) is 0 Å². The van der Waals surface area contributed by atoms with Gasteiger partial charge in [-0.1, -0.05) is 20.3 Å². The van der Waals surface area contributed by atoms with Gasteiger partial charge in [0.2, 0.25) is 17.7 Å². The zero-order valence-corrected chi connectivity index (χ0v) is 18.4. The van der Waals surface area contributed by atoms with Crippen molar-refractivity contribution in [3.63, 3.8) is 0 Å². The molecule has 0 bridgehead atoms. The van der Waals surface area contributed by atoms with E-state index < -0.39 is 35.9 Å². The largest absolute Gasteiger partial charge is 0.480 e. The lowest BCUT2D eigenvalue weighted by molar-refractivity contribution is -0.142. The van der Waals surface area contributed by atoms with Crippen LogP contribution >= 0.6 is 11.8 Å². The maximum atomic E-state index is 12.8. The number of aliphatic carboxylic acids is 1. The van der Waals surface area contributed by atoms with Crippen molar-refractivity contribution in [3.05, 3.63) is 0 Å².